The lowest BCUT2D eigenvalue weighted by atomic mass is 9.84. The van der Waals surface area contributed by atoms with E-state index in [2.05, 4.69) is 247 Å². The highest BCUT2D eigenvalue weighted by Gasteiger charge is 2.31. The fraction of sp³-hybridized carbons (Fsp3) is 0.139. The number of nitrogens with zero attached hydrogens (tertiary/aromatic N) is 2. The molecule has 0 bridgehead atoms. The summed E-state index contributed by atoms with van der Waals surface area (Å²) in [5.41, 5.74) is 17.5. The highest BCUT2D eigenvalue weighted by Crippen LogP contribution is 2.52. The van der Waals surface area contributed by atoms with Gasteiger partial charge in [-0.2, -0.15) is 0 Å². The predicted molar refractivity (Wildman–Crippen MR) is 327 cm³/mol. The number of hydrogen-bond acceptors (Lipinski definition) is 6. The van der Waals surface area contributed by atoms with Crippen molar-refractivity contribution in [3.05, 3.63) is 216 Å². The highest BCUT2D eigenvalue weighted by atomic mass is 16.3. The molecule has 0 saturated heterocycles. The maximum absolute atomic E-state index is 6.86. The molecular formula is C72H56N2O4. The van der Waals surface area contributed by atoms with Crippen molar-refractivity contribution in [2.45, 2.75) is 66.2 Å². The molecule has 6 heteroatoms. The van der Waals surface area contributed by atoms with Gasteiger partial charge < -0.3 is 27.5 Å². The lowest BCUT2D eigenvalue weighted by Gasteiger charge is -2.33. The van der Waals surface area contributed by atoms with Gasteiger partial charge in [0.15, 0.2) is 11.2 Å². The van der Waals surface area contributed by atoms with Crippen molar-refractivity contribution in [2.24, 2.45) is 0 Å². The van der Waals surface area contributed by atoms with Gasteiger partial charge in [0, 0.05) is 65.8 Å². The van der Waals surface area contributed by atoms with Crippen LogP contribution in [0.4, 0.5) is 34.1 Å². The Morgan fingerprint density at radius 2 is 0.718 bits per heavy atom. The van der Waals surface area contributed by atoms with E-state index in [1.54, 1.807) is 0 Å². The minimum Gasteiger partial charge on any atom is -0.456 e. The van der Waals surface area contributed by atoms with E-state index in [-0.39, 0.29) is 10.8 Å². The molecule has 15 rings (SSSR count). The Balaban J connectivity index is 0.893. The molecule has 0 aliphatic heterocycles. The summed E-state index contributed by atoms with van der Waals surface area (Å²) in [5.74, 6) is 0. The average molecular weight is 1010 g/mol. The van der Waals surface area contributed by atoms with E-state index in [1.165, 1.54) is 22.3 Å². The molecule has 78 heavy (non-hydrogen) atoms. The van der Waals surface area contributed by atoms with E-state index in [4.69, 9.17) is 17.7 Å². The average Bonchev–Trinajstić information content (AvgIpc) is 4.39. The summed E-state index contributed by atoms with van der Waals surface area (Å²) < 4.78 is 27.4. The van der Waals surface area contributed by atoms with Gasteiger partial charge in [-0.3, -0.25) is 0 Å². The molecular weight excluding hydrogens is 957 g/mol. The van der Waals surface area contributed by atoms with Gasteiger partial charge >= 0.3 is 0 Å². The summed E-state index contributed by atoms with van der Waals surface area (Å²) in [4.78, 5) is 4.81. The topological polar surface area (TPSA) is 59.0 Å². The number of anilines is 6. The fourth-order valence-corrected chi connectivity index (χ4v) is 12.5. The number of para-hydroxylation sites is 4. The Labute approximate surface area is 451 Å². The molecule has 6 nitrogen and oxygen atoms in total. The monoisotopic (exact) mass is 1010 g/mol. The summed E-state index contributed by atoms with van der Waals surface area (Å²) in [7, 11) is 0. The lowest BCUT2D eigenvalue weighted by molar-refractivity contribution is 0.588. The van der Waals surface area contributed by atoms with Crippen LogP contribution in [0.2, 0.25) is 0 Å². The van der Waals surface area contributed by atoms with Crippen molar-refractivity contribution in [3.8, 4) is 0 Å². The van der Waals surface area contributed by atoms with Crippen LogP contribution in [0.25, 0.3) is 109 Å². The van der Waals surface area contributed by atoms with Crippen LogP contribution in [0.1, 0.15) is 63.8 Å². The molecule has 0 unspecified atom stereocenters. The van der Waals surface area contributed by atoms with Gasteiger partial charge in [0.25, 0.3) is 0 Å². The molecule has 0 aliphatic carbocycles. The van der Waals surface area contributed by atoms with Crippen LogP contribution in [-0.4, -0.2) is 0 Å². The molecule has 0 atom stereocenters. The Bertz CT molecular complexity index is 4680. The number of fused-ring (bicyclic) bond motifs is 15. The minimum absolute atomic E-state index is 0.190. The summed E-state index contributed by atoms with van der Waals surface area (Å²) >= 11 is 0. The third-order valence-corrected chi connectivity index (χ3v) is 16.3. The van der Waals surface area contributed by atoms with Gasteiger partial charge in [-0.25, -0.2) is 0 Å². The van der Waals surface area contributed by atoms with Crippen molar-refractivity contribution >= 4 is 143 Å². The number of hydrogen-bond donors (Lipinski definition) is 0. The molecule has 4 aromatic heterocycles. The molecule has 378 valence electrons. The molecule has 15 aromatic rings. The Kier molecular flexibility index (Phi) is 9.82. The zero-order valence-corrected chi connectivity index (χ0v) is 45.0. The third-order valence-electron chi connectivity index (χ3n) is 16.3. The van der Waals surface area contributed by atoms with E-state index in [0.29, 0.717) is 0 Å². The quantitative estimate of drug-likeness (QED) is 0.165. The highest BCUT2D eigenvalue weighted by molar-refractivity contribution is 6.28. The second kappa shape index (κ2) is 16.6. The predicted octanol–water partition coefficient (Wildman–Crippen LogP) is 21.7. The van der Waals surface area contributed by atoms with Crippen molar-refractivity contribution in [3.63, 3.8) is 0 Å². The maximum atomic E-state index is 6.86. The standard InChI is InChI=1S/C72H56N2O4/c1-41-17-9-13-21-57(41)73(67-55(71(3,4)5)31-29-51-49-19-11-15-23-59(49)77-69(51)67)47-27-25-43-37-53-63(39-45(43)35-47)75-61-33-34-62-66(65(53)61)54-38-44-26-28-48(36-46(44)40-64(54)76-62)74(58-22-14-10-18-42(58)2)68-56(72(6,7)8)32-30-52-50-20-12-16-24-60(50)78-70(52)68/h9-40H,1-8H3. The van der Waals surface area contributed by atoms with E-state index in [9.17, 15) is 0 Å². The van der Waals surface area contributed by atoms with E-state index < -0.39 is 0 Å². The van der Waals surface area contributed by atoms with E-state index in [1.807, 2.05) is 12.1 Å². The number of furan rings is 4. The van der Waals surface area contributed by atoms with Gasteiger partial charge in [0.05, 0.1) is 11.4 Å². The van der Waals surface area contributed by atoms with Gasteiger partial charge in [-0.05, 0) is 153 Å². The van der Waals surface area contributed by atoms with Crippen LogP contribution < -0.4 is 9.80 Å². The molecule has 0 saturated carbocycles. The molecule has 4 heterocycles. The van der Waals surface area contributed by atoms with Crippen LogP contribution in [-0.2, 0) is 10.8 Å². The van der Waals surface area contributed by atoms with Gasteiger partial charge in [0.1, 0.15) is 33.5 Å². The van der Waals surface area contributed by atoms with E-state index in [0.717, 1.165) is 143 Å². The van der Waals surface area contributed by atoms with Crippen LogP contribution in [0.15, 0.2) is 212 Å². The molecule has 11 aromatic carbocycles. The van der Waals surface area contributed by atoms with Crippen molar-refractivity contribution in [1.29, 1.82) is 0 Å². The second-order valence-corrected chi connectivity index (χ2v) is 23.4. The largest absolute Gasteiger partial charge is 0.456 e. The van der Waals surface area contributed by atoms with Crippen molar-refractivity contribution in [2.75, 3.05) is 9.80 Å². The van der Waals surface area contributed by atoms with Gasteiger partial charge in [-0.1, -0.05) is 151 Å². The molecule has 0 N–H and O–H groups in total. The summed E-state index contributed by atoms with van der Waals surface area (Å²) in [5, 5.41) is 13.0. The SMILES string of the molecule is Cc1ccccc1N(c1ccc2cc3c(cc2c1)oc1ccc2oc4cc5cc(N(c6ccccc6C)c6c(C(C)(C)C)ccc7c6oc6ccccc67)ccc5cc4c2c13)c1c(C(C)(C)C)ccc2c1oc1ccccc12. The summed E-state index contributed by atoms with van der Waals surface area (Å²) in [6.07, 6.45) is 0. The van der Waals surface area contributed by atoms with Crippen LogP contribution in [0.3, 0.4) is 0 Å². The van der Waals surface area contributed by atoms with E-state index >= 15 is 0 Å². The third kappa shape index (κ3) is 6.95. The van der Waals surface area contributed by atoms with Crippen molar-refractivity contribution in [1.82, 2.24) is 0 Å². The first-order chi connectivity index (χ1) is 37.7. The number of benzene rings is 11. The summed E-state index contributed by atoms with van der Waals surface area (Å²) in [6.45, 7) is 18.1. The smallest absolute Gasteiger partial charge is 0.159 e. The fourth-order valence-electron chi connectivity index (χ4n) is 12.5. The number of aryl methyl sites for hydroxylation is 2. The Morgan fingerprint density at radius 3 is 1.14 bits per heavy atom. The maximum Gasteiger partial charge on any atom is 0.159 e. The molecule has 0 amide bonds. The number of rotatable bonds is 6. The van der Waals surface area contributed by atoms with Crippen LogP contribution in [0, 0.1) is 13.8 Å². The first-order valence-electron chi connectivity index (χ1n) is 27.1. The minimum atomic E-state index is -0.190. The molecule has 0 spiro atoms. The zero-order valence-electron chi connectivity index (χ0n) is 45.0. The van der Waals surface area contributed by atoms with Gasteiger partial charge in [-0.15, -0.1) is 0 Å². The molecule has 0 fully saturated rings. The Hall–Kier alpha value is -9.26. The van der Waals surface area contributed by atoms with Crippen LogP contribution >= 0.6 is 0 Å². The summed E-state index contributed by atoms with van der Waals surface area (Å²) in [6, 6.07) is 69.7. The Morgan fingerprint density at radius 1 is 0.308 bits per heavy atom. The first kappa shape index (κ1) is 46.1. The normalized spacial score (nSPS) is 12.6. The molecule has 0 radical (unpaired) electrons. The van der Waals surface area contributed by atoms with Gasteiger partial charge in [0.2, 0.25) is 0 Å². The second-order valence-electron chi connectivity index (χ2n) is 23.4. The van der Waals surface area contributed by atoms with Crippen LogP contribution in [0.5, 0.6) is 0 Å². The molecule has 0 aliphatic rings. The first-order valence-corrected chi connectivity index (χ1v) is 27.1. The zero-order chi connectivity index (χ0) is 52.9. The lowest BCUT2D eigenvalue weighted by Crippen LogP contribution is -2.20. The van der Waals surface area contributed by atoms with Crippen molar-refractivity contribution < 1.29 is 17.7 Å².